The lowest BCUT2D eigenvalue weighted by molar-refractivity contribution is 0.617. The predicted octanol–water partition coefficient (Wildman–Crippen LogP) is 2.54. The molecule has 0 unspecified atom stereocenters. The molecule has 1 aliphatic heterocycles. The molecule has 19 heavy (non-hydrogen) atoms. The van der Waals surface area contributed by atoms with Crippen molar-refractivity contribution in [1.82, 2.24) is 9.97 Å². The summed E-state index contributed by atoms with van der Waals surface area (Å²) in [4.78, 5) is 10.6. The molecule has 0 amide bonds. The lowest BCUT2D eigenvalue weighted by Crippen LogP contribution is -2.24. The van der Waals surface area contributed by atoms with Gasteiger partial charge in [0, 0.05) is 6.54 Å². The van der Waals surface area contributed by atoms with Gasteiger partial charge in [-0.15, -0.1) is 0 Å². The van der Waals surface area contributed by atoms with Crippen LogP contribution in [-0.2, 0) is 0 Å². The molecular weight excluding hydrogens is 243 g/mol. The average molecular weight is 258 g/mol. The first-order valence-electron chi connectivity index (χ1n) is 6.33. The van der Waals surface area contributed by atoms with Gasteiger partial charge in [-0.3, -0.25) is 0 Å². The molecule has 4 nitrogen and oxygen atoms in total. The fraction of sp³-hybridized carbons (Fsp3) is 0.286. The molecule has 1 atom stereocenters. The summed E-state index contributed by atoms with van der Waals surface area (Å²) in [5.74, 6) is 0.448. The van der Waals surface area contributed by atoms with Crippen molar-refractivity contribution < 1.29 is 4.39 Å². The number of hydrogen-bond acceptors (Lipinski definition) is 4. The van der Waals surface area contributed by atoms with E-state index in [1.165, 1.54) is 6.07 Å². The van der Waals surface area contributed by atoms with E-state index >= 15 is 0 Å². The molecule has 0 aliphatic carbocycles. The fourth-order valence-corrected chi connectivity index (χ4v) is 2.55. The van der Waals surface area contributed by atoms with E-state index in [-0.39, 0.29) is 11.9 Å². The summed E-state index contributed by atoms with van der Waals surface area (Å²) >= 11 is 0. The molecule has 1 aromatic heterocycles. The van der Waals surface area contributed by atoms with E-state index < -0.39 is 0 Å². The zero-order valence-electron chi connectivity index (χ0n) is 10.5. The minimum absolute atomic E-state index is 0.138. The number of nitrogens with two attached hydrogens (primary N) is 1. The Labute approximate surface area is 111 Å². The summed E-state index contributed by atoms with van der Waals surface area (Å²) in [7, 11) is 0. The molecular formula is C14H15FN4. The van der Waals surface area contributed by atoms with Crippen LogP contribution in [0.25, 0.3) is 0 Å². The Morgan fingerprint density at radius 2 is 2.05 bits per heavy atom. The van der Waals surface area contributed by atoms with E-state index in [1.807, 2.05) is 6.07 Å². The summed E-state index contributed by atoms with van der Waals surface area (Å²) in [6.45, 7) is 0.880. The van der Waals surface area contributed by atoms with Gasteiger partial charge >= 0.3 is 0 Å². The molecule has 2 N–H and O–H groups in total. The van der Waals surface area contributed by atoms with Gasteiger partial charge < -0.3 is 10.6 Å². The number of rotatable bonds is 2. The minimum atomic E-state index is -0.206. The van der Waals surface area contributed by atoms with Crippen LogP contribution < -0.4 is 10.6 Å². The summed E-state index contributed by atoms with van der Waals surface area (Å²) in [5.41, 5.74) is 7.11. The van der Waals surface area contributed by atoms with Gasteiger partial charge in [-0.1, -0.05) is 12.1 Å². The zero-order chi connectivity index (χ0) is 13.2. The molecule has 1 fully saturated rings. The maximum atomic E-state index is 13.3. The van der Waals surface area contributed by atoms with Crippen molar-refractivity contribution in [2.45, 2.75) is 18.9 Å². The van der Waals surface area contributed by atoms with Gasteiger partial charge in [0.15, 0.2) is 0 Å². The average Bonchev–Trinajstić information content (AvgIpc) is 2.89. The van der Waals surface area contributed by atoms with E-state index in [0.29, 0.717) is 11.6 Å². The maximum Gasteiger partial charge on any atom is 0.225 e. The van der Waals surface area contributed by atoms with Crippen molar-refractivity contribution >= 4 is 11.6 Å². The van der Waals surface area contributed by atoms with E-state index in [0.717, 1.165) is 24.9 Å². The molecule has 1 aliphatic rings. The lowest BCUT2D eigenvalue weighted by atomic mass is 10.0. The molecule has 2 aromatic rings. The van der Waals surface area contributed by atoms with Crippen molar-refractivity contribution in [3.63, 3.8) is 0 Å². The first kappa shape index (κ1) is 11.9. The SMILES string of the molecule is Nc1cnc(N2CCC[C@@H]2c2cccc(F)c2)nc1. The molecule has 98 valence electrons. The topological polar surface area (TPSA) is 55.0 Å². The van der Waals surface area contributed by atoms with Crippen LogP contribution in [0.5, 0.6) is 0 Å². The van der Waals surface area contributed by atoms with E-state index in [1.54, 1.807) is 24.5 Å². The highest BCUT2D eigenvalue weighted by molar-refractivity contribution is 5.42. The number of nitrogens with zero attached hydrogens (tertiary/aromatic N) is 3. The van der Waals surface area contributed by atoms with Gasteiger partial charge in [0.2, 0.25) is 5.95 Å². The molecule has 3 rings (SSSR count). The van der Waals surface area contributed by atoms with Crippen LogP contribution in [0.15, 0.2) is 36.7 Å². The normalized spacial score (nSPS) is 18.8. The molecule has 1 saturated heterocycles. The number of hydrogen-bond donors (Lipinski definition) is 1. The van der Waals surface area contributed by atoms with Crippen LogP contribution in [0.1, 0.15) is 24.4 Å². The molecule has 0 bridgehead atoms. The minimum Gasteiger partial charge on any atom is -0.396 e. The third kappa shape index (κ3) is 2.36. The van der Waals surface area contributed by atoms with Crippen LogP contribution in [0.2, 0.25) is 0 Å². The molecule has 1 aromatic carbocycles. The standard InChI is InChI=1S/C14H15FN4/c15-11-4-1-3-10(7-11)13-5-2-6-19(13)14-17-8-12(16)9-18-14/h1,3-4,7-9,13H,2,5-6,16H2/t13-/m1/s1. The first-order chi connectivity index (χ1) is 9.24. The highest BCUT2D eigenvalue weighted by atomic mass is 19.1. The van der Waals surface area contributed by atoms with E-state index in [2.05, 4.69) is 14.9 Å². The first-order valence-corrected chi connectivity index (χ1v) is 6.33. The van der Waals surface area contributed by atoms with E-state index in [4.69, 9.17) is 5.73 Å². The van der Waals surface area contributed by atoms with Crippen LogP contribution in [0.3, 0.4) is 0 Å². The van der Waals surface area contributed by atoms with Crippen molar-refractivity contribution in [2.75, 3.05) is 17.2 Å². The third-order valence-corrected chi connectivity index (χ3v) is 3.40. The Kier molecular flexibility index (Phi) is 3.03. The Balaban J connectivity index is 1.91. The van der Waals surface area contributed by atoms with Gasteiger partial charge in [-0.2, -0.15) is 0 Å². The number of benzene rings is 1. The van der Waals surface area contributed by atoms with Crippen LogP contribution in [0.4, 0.5) is 16.0 Å². The van der Waals surface area contributed by atoms with Crippen molar-refractivity contribution in [1.29, 1.82) is 0 Å². The van der Waals surface area contributed by atoms with Crippen molar-refractivity contribution in [3.05, 3.63) is 48.0 Å². The Hall–Kier alpha value is -2.17. The second-order valence-electron chi connectivity index (χ2n) is 4.72. The molecule has 2 heterocycles. The van der Waals surface area contributed by atoms with Gasteiger partial charge in [-0.05, 0) is 30.5 Å². The highest BCUT2D eigenvalue weighted by Gasteiger charge is 2.28. The summed E-state index contributed by atoms with van der Waals surface area (Å²) in [5, 5.41) is 0. The molecule has 0 radical (unpaired) electrons. The molecule has 0 spiro atoms. The fourth-order valence-electron chi connectivity index (χ4n) is 2.55. The smallest absolute Gasteiger partial charge is 0.225 e. The number of nitrogen functional groups attached to an aromatic ring is 1. The predicted molar refractivity (Wildman–Crippen MR) is 72.2 cm³/mol. The third-order valence-electron chi connectivity index (χ3n) is 3.40. The Morgan fingerprint density at radius 3 is 2.79 bits per heavy atom. The quantitative estimate of drug-likeness (QED) is 0.899. The Bertz CT molecular complexity index is 570. The van der Waals surface area contributed by atoms with Crippen molar-refractivity contribution in [3.8, 4) is 0 Å². The second kappa shape index (κ2) is 4.84. The van der Waals surface area contributed by atoms with Crippen LogP contribution in [-0.4, -0.2) is 16.5 Å². The van der Waals surface area contributed by atoms with Gasteiger partial charge in [0.05, 0.1) is 24.1 Å². The second-order valence-corrected chi connectivity index (χ2v) is 4.72. The maximum absolute atomic E-state index is 13.3. The van der Waals surface area contributed by atoms with Gasteiger partial charge in [0.1, 0.15) is 5.82 Å². The number of halogens is 1. The number of anilines is 2. The van der Waals surface area contributed by atoms with Gasteiger partial charge in [-0.25, -0.2) is 14.4 Å². The van der Waals surface area contributed by atoms with Crippen LogP contribution in [0, 0.1) is 5.82 Å². The van der Waals surface area contributed by atoms with Crippen LogP contribution >= 0.6 is 0 Å². The van der Waals surface area contributed by atoms with Gasteiger partial charge in [0.25, 0.3) is 0 Å². The van der Waals surface area contributed by atoms with E-state index in [9.17, 15) is 4.39 Å². The lowest BCUT2D eigenvalue weighted by Gasteiger charge is -2.24. The summed E-state index contributed by atoms with van der Waals surface area (Å²) < 4.78 is 13.3. The highest BCUT2D eigenvalue weighted by Crippen LogP contribution is 2.34. The zero-order valence-corrected chi connectivity index (χ0v) is 10.5. The Morgan fingerprint density at radius 1 is 1.26 bits per heavy atom. The molecule has 0 saturated carbocycles. The monoisotopic (exact) mass is 258 g/mol. The molecule has 5 heteroatoms. The summed E-state index contributed by atoms with van der Waals surface area (Å²) in [6, 6.07) is 6.87. The summed E-state index contributed by atoms with van der Waals surface area (Å²) in [6.07, 6.45) is 5.23. The largest absolute Gasteiger partial charge is 0.396 e. The number of aromatic nitrogens is 2. The van der Waals surface area contributed by atoms with Crippen molar-refractivity contribution in [2.24, 2.45) is 0 Å².